The Morgan fingerprint density at radius 2 is 2.13 bits per heavy atom. The van der Waals surface area contributed by atoms with Gasteiger partial charge in [0.1, 0.15) is 11.5 Å². The molecule has 1 saturated carbocycles. The first-order chi connectivity index (χ1) is 7.06. The van der Waals surface area contributed by atoms with Crippen molar-refractivity contribution in [2.24, 2.45) is 0 Å². The fourth-order valence-electron chi connectivity index (χ4n) is 2.25. The van der Waals surface area contributed by atoms with Crippen LogP contribution in [0.1, 0.15) is 42.9 Å². The zero-order valence-corrected chi connectivity index (χ0v) is 9.58. The Bertz CT molecular complexity index is 339. The number of nitrogens with one attached hydrogen (secondary N) is 1. The van der Waals surface area contributed by atoms with E-state index in [1.165, 1.54) is 5.56 Å². The van der Waals surface area contributed by atoms with Crippen LogP contribution in [0.2, 0.25) is 0 Å². The van der Waals surface area contributed by atoms with Gasteiger partial charge in [0.15, 0.2) is 0 Å². The van der Waals surface area contributed by atoms with Gasteiger partial charge in [0.25, 0.3) is 0 Å². The lowest BCUT2D eigenvalue weighted by molar-refractivity contribution is 0.0585. The summed E-state index contributed by atoms with van der Waals surface area (Å²) in [4.78, 5) is 0. The van der Waals surface area contributed by atoms with Crippen LogP contribution in [0.4, 0.5) is 0 Å². The SMILES string of the molecule is Cc1cc(C(C)NC2CC(O)C2)c(C)o1. The van der Waals surface area contributed by atoms with E-state index in [1.807, 2.05) is 13.8 Å². The summed E-state index contributed by atoms with van der Waals surface area (Å²) in [6.07, 6.45) is 1.65. The molecule has 3 nitrogen and oxygen atoms in total. The maximum absolute atomic E-state index is 9.20. The second-order valence-corrected chi connectivity index (χ2v) is 4.58. The normalized spacial score (nSPS) is 27.5. The van der Waals surface area contributed by atoms with Gasteiger partial charge in [0, 0.05) is 17.6 Å². The summed E-state index contributed by atoms with van der Waals surface area (Å²) in [5.41, 5.74) is 1.23. The molecule has 0 bridgehead atoms. The van der Waals surface area contributed by atoms with Crippen molar-refractivity contribution in [2.75, 3.05) is 0 Å². The minimum atomic E-state index is -0.0955. The first kappa shape index (κ1) is 10.7. The molecule has 2 N–H and O–H groups in total. The lowest BCUT2D eigenvalue weighted by Gasteiger charge is -2.34. The van der Waals surface area contributed by atoms with Gasteiger partial charge in [0.2, 0.25) is 0 Å². The minimum absolute atomic E-state index is 0.0955. The fraction of sp³-hybridized carbons (Fsp3) is 0.667. The summed E-state index contributed by atoms with van der Waals surface area (Å²) in [6, 6.07) is 2.85. The Morgan fingerprint density at radius 1 is 1.47 bits per heavy atom. The molecule has 1 unspecified atom stereocenters. The van der Waals surface area contributed by atoms with Crippen molar-refractivity contribution in [2.45, 2.75) is 51.8 Å². The standard InChI is InChI=1S/C12H19NO2/c1-7-4-12(9(3)15-7)8(2)13-10-5-11(14)6-10/h4,8,10-11,13-14H,5-6H2,1-3H3. The van der Waals surface area contributed by atoms with Crippen molar-refractivity contribution in [3.05, 3.63) is 23.2 Å². The third-order valence-corrected chi connectivity index (χ3v) is 3.14. The molecule has 1 heterocycles. The number of aliphatic hydroxyl groups is 1. The smallest absolute Gasteiger partial charge is 0.105 e. The average molecular weight is 209 g/mol. The molecule has 1 aromatic heterocycles. The van der Waals surface area contributed by atoms with E-state index in [9.17, 15) is 5.11 Å². The third-order valence-electron chi connectivity index (χ3n) is 3.14. The van der Waals surface area contributed by atoms with Gasteiger partial charge in [0.05, 0.1) is 6.10 Å². The molecule has 1 aliphatic rings. The van der Waals surface area contributed by atoms with E-state index >= 15 is 0 Å². The van der Waals surface area contributed by atoms with Gasteiger partial charge >= 0.3 is 0 Å². The molecule has 0 amide bonds. The molecule has 0 aliphatic heterocycles. The first-order valence-electron chi connectivity index (χ1n) is 5.57. The van der Waals surface area contributed by atoms with Crippen LogP contribution in [0.5, 0.6) is 0 Å². The predicted octanol–water partition coefficient (Wildman–Crippen LogP) is 2.07. The van der Waals surface area contributed by atoms with Crippen molar-refractivity contribution >= 4 is 0 Å². The summed E-state index contributed by atoms with van der Waals surface area (Å²) in [5, 5.41) is 12.7. The molecule has 1 aromatic rings. The summed E-state index contributed by atoms with van der Waals surface area (Å²) < 4.78 is 5.50. The Labute approximate surface area is 90.5 Å². The number of hydrogen-bond donors (Lipinski definition) is 2. The lowest BCUT2D eigenvalue weighted by Crippen LogP contribution is -2.45. The molecule has 1 fully saturated rings. The lowest BCUT2D eigenvalue weighted by atomic mass is 9.88. The van der Waals surface area contributed by atoms with Gasteiger partial charge in [-0.05, 0) is 39.7 Å². The zero-order chi connectivity index (χ0) is 11.0. The molecular formula is C12H19NO2. The Morgan fingerprint density at radius 3 is 2.60 bits per heavy atom. The molecule has 0 aromatic carbocycles. The molecule has 2 rings (SSSR count). The van der Waals surface area contributed by atoms with Crippen LogP contribution in [-0.4, -0.2) is 17.3 Å². The van der Waals surface area contributed by atoms with Crippen LogP contribution in [-0.2, 0) is 0 Å². The van der Waals surface area contributed by atoms with Crippen LogP contribution < -0.4 is 5.32 Å². The van der Waals surface area contributed by atoms with E-state index in [-0.39, 0.29) is 6.10 Å². The number of furan rings is 1. The quantitative estimate of drug-likeness (QED) is 0.801. The fourth-order valence-corrected chi connectivity index (χ4v) is 2.25. The molecule has 1 atom stereocenters. The third kappa shape index (κ3) is 2.24. The highest BCUT2D eigenvalue weighted by Gasteiger charge is 2.28. The Kier molecular flexibility index (Phi) is 2.85. The number of aryl methyl sites for hydroxylation is 2. The van der Waals surface area contributed by atoms with Crippen LogP contribution >= 0.6 is 0 Å². The largest absolute Gasteiger partial charge is 0.466 e. The second-order valence-electron chi connectivity index (χ2n) is 4.58. The van der Waals surface area contributed by atoms with E-state index in [4.69, 9.17) is 4.42 Å². The molecule has 0 radical (unpaired) electrons. The van der Waals surface area contributed by atoms with Gasteiger partial charge in [-0.15, -0.1) is 0 Å². The molecule has 0 saturated heterocycles. The van der Waals surface area contributed by atoms with Gasteiger partial charge in [-0.3, -0.25) is 0 Å². The van der Waals surface area contributed by atoms with Gasteiger partial charge < -0.3 is 14.8 Å². The maximum atomic E-state index is 9.20. The van der Waals surface area contributed by atoms with Crippen molar-refractivity contribution < 1.29 is 9.52 Å². The monoisotopic (exact) mass is 209 g/mol. The van der Waals surface area contributed by atoms with Crippen molar-refractivity contribution in [3.8, 4) is 0 Å². The van der Waals surface area contributed by atoms with E-state index in [0.717, 1.165) is 24.4 Å². The van der Waals surface area contributed by atoms with E-state index < -0.39 is 0 Å². The van der Waals surface area contributed by atoms with E-state index in [2.05, 4.69) is 18.3 Å². The van der Waals surface area contributed by atoms with E-state index in [0.29, 0.717) is 12.1 Å². The topological polar surface area (TPSA) is 45.4 Å². The summed E-state index contributed by atoms with van der Waals surface area (Å²) in [5.74, 6) is 1.96. The zero-order valence-electron chi connectivity index (χ0n) is 9.58. The number of aliphatic hydroxyl groups excluding tert-OH is 1. The summed E-state index contributed by atoms with van der Waals surface area (Å²) in [6.45, 7) is 6.11. The average Bonchev–Trinajstić information content (AvgIpc) is 2.42. The van der Waals surface area contributed by atoms with Crippen LogP contribution in [0.25, 0.3) is 0 Å². The molecule has 84 valence electrons. The predicted molar refractivity (Wildman–Crippen MR) is 58.8 cm³/mol. The van der Waals surface area contributed by atoms with Crippen LogP contribution in [0.3, 0.4) is 0 Å². The van der Waals surface area contributed by atoms with Crippen molar-refractivity contribution in [1.29, 1.82) is 0 Å². The number of rotatable bonds is 3. The van der Waals surface area contributed by atoms with Gasteiger partial charge in [-0.1, -0.05) is 0 Å². The summed E-state index contributed by atoms with van der Waals surface area (Å²) in [7, 11) is 0. The maximum Gasteiger partial charge on any atom is 0.105 e. The minimum Gasteiger partial charge on any atom is -0.466 e. The molecule has 3 heteroatoms. The molecular weight excluding hydrogens is 190 g/mol. The van der Waals surface area contributed by atoms with Crippen LogP contribution in [0, 0.1) is 13.8 Å². The number of hydrogen-bond acceptors (Lipinski definition) is 3. The van der Waals surface area contributed by atoms with Crippen molar-refractivity contribution in [1.82, 2.24) is 5.32 Å². The summed E-state index contributed by atoms with van der Waals surface area (Å²) >= 11 is 0. The Hall–Kier alpha value is -0.800. The molecule has 1 aliphatic carbocycles. The van der Waals surface area contributed by atoms with Gasteiger partial charge in [-0.2, -0.15) is 0 Å². The van der Waals surface area contributed by atoms with E-state index in [1.54, 1.807) is 0 Å². The molecule has 15 heavy (non-hydrogen) atoms. The Balaban J connectivity index is 1.95. The highest BCUT2D eigenvalue weighted by molar-refractivity contribution is 5.23. The van der Waals surface area contributed by atoms with Gasteiger partial charge in [-0.25, -0.2) is 0 Å². The van der Waals surface area contributed by atoms with Crippen molar-refractivity contribution in [3.63, 3.8) is 0 Å². The van der Waals surface area contributed by atoms with Crippen LogP contribution in [0.15, 0.2) is 10.5 Å². The molecule has 0 spiro atoms. The first-order valence-corrected chi connectivity index (χ1v) is 5.57. The highest BCUT2D eigenvalue weighted by Crippen LogP contribution is 2.26. The second kappa shape index (κ2) is 3.99. The highest BCUT2D eigenvalue weighted by atomic mass is 16.3.